The summed E-state index contributed by atoms with van der Waals surface area (Å²) >= 11 is 0. The molecule has 1 heterocycles. The van der Waals surface area contributed by atoms with Crippen molar-refractivity contribution in [3.63, 3.8) is 0 Å². The highest BCUT2D eigenvalue weighted by Gasteiger charge is 2.32. The first-order chi connectivity index (χ1) is 6.09. The van der Waals surface area contributed by atoms with Crippen LogP contribution in [0.3, 0.4) is 0 Å². The van der Waals surface area contributed by atoms with E-state index in [0.29, 0.717) is 24.0 Å². The number of hydrogen-bond acceptors (Lipinski definition) is 4. The molecular formula is C8H18N2O2S. The molecule has 0 saturated carbocycles. The van der Waals surface area contributed by atoms with E-state index < -0.39 is 9.84 Å². The van der Waals surface area contributed by atoms with Crippen molar-refractivity contribution in [3.8, 4) is 0 Å². The van der Waals surface area contributed by atoms with Crippen LogP contribution in [0.5, 0.6) is 0 Å². The van der Waals surface area contributed by atoms with Gasteiger partial charge in [0.15, 0.2) is 9.84 Å². The zero-order valence-corrected chi connectivity index (χ0v) is 8.81. The van der Waals surface area contributed by atoms with E-state index in [-0.39, 0.29) is 5.92 Å². The van der Waals surface area contributed by atoms with Crippen LogP contribution in [-0.4, -0.2) is 40.1 Å². The molecule has 0 aromatic rings. The summed E-state index contributed by atoms with van der Waals surface area (Å²) in [6.45, 7) is 1.39. The number of nitrogens with two attached hydrogens (primary N) is 1. The Hall–Kier alpha value is -0.130. The minimum absolute atomic E-state index is 0.266. The second-order valence-electron chi connectivity index (χ2n) is 3.72. The molecule has 0 aromatic carbocycles. The topological polar surface area (TPSA) is 72.2 Å². The molecule has 5 heteroatoms. The fourth-order valence-corrected chi connectivity index (χ4v) is 3.82. The normalized spacial score (nSPS) is 28.9. The van der Waals surface area contributed by atoms with Gasteiger partial charge in [0.25, 0.3) is 0 Å². The summed E-state index contributed by atoms with van der Waals surface area (Å²) in [7, 11) is -0.885. The Kier molecular flexibility index (Phi) is 3.70. The standard InChI is InChI=1S/C8H18N2O2S/c1-10-5-8(4-9)7-2-3-13(11,12)6-7/h7-8,10H,2-6,9H2,1H3. The maximum Gasteiger partial charge on any atom is 0.150 e. The van der Waals surface area contributed by atoms with Gasteiger partial charge >= 0.3 is 0 Å². The Bertz CT molecular complexity index is 251. The first kappa shape index (κ1) is 10.9. The minimum atomic E-state index is -2.75. The van der Waals surface area contributed by atoms with E-state index in [2.05, 4.69) is 5.32 Å². The molecule has 1 saturated heterocycles. The highest BCUT2D eigenvalue weighted by Crippen LogP contribution is 2.24. The fraction of sp³-hybridized carbons (Fsp3) is 1.00. The van der Waals surface area contributed by atoms with Crippen LogP contribution in [0.15, 0.2) is 0 Å². The Labute approximate surface area is 79.8 Å². The first-order valence-electron chi connectivity index (χ1n) is 4.64. The lowest BCUT2D eigenvalue weighted by molar-refractivity contribution is 0.362. The molecule has 0 bridgehead atoms. The lowest BCUT2D eigenvalue weighted by Crippen LogP contribution is -2.32. The number of sulfone groups is 1. The molecule has 0 aromatic heterocycles. The molecule has 4 nitrogen and oxygen atoms in total. The van der Waals surface area contributed by atoms with Crippen molar-refractivity contribution in [3.05, 3.63) is 0 Å². The molecule has 0 aliphatic carbocycles. The Morgan fingerprint density at radius 2 is 2.31 bits per heavy atom. The highest BCUT2D eigenvalue weighted by atomic mass is 32.2. The van der Waals surface area contributed by atoms with Gasteiger partial charge in [0.2, 0.25) is 0 Å². The molecule has 78 valence electrons. The summed E-state index contributed by atoms with van der Waals surface area (Å²) in [5.41, 5.74) is 5.59. The molecule has 2 unspecified atom stereocenters. The highest BCUT2D eigenvalue weighted by molar-refractivity contribution is 7.91. The van der Waals surface area contributed by atoms with Gasteiger partial charge in [-0.15, -0.1) is 0 Å². The van der Waals surface area contributed by atoms with Crippen molar-refractivity contribution >= 4 is 9.84 Å². The average Bonchev–Trinajstić information content (AvgIpc) is 2.42. The van der Waals surface area contributed by atoms with Crippen molar-refractivity contribution in [2.45, 2.75) is 6.42 Å². The van der Waals surface area contributed by atoms with Crippen LogP contribution < -0.4 is 11.1 Å². The third-order valence-corrected chi connectivity index (χ3v) is 4.50. The Morgan fingerprint density at radius 3 is 2.69 bits per heavy atom. The van der Waals surface area contributed by atoms with E-state index in [1.165, 1.54) is 0 Å². The lowest BCUT2D eigenvalue weighted by atomic mass is 9.92. The lowest BCUT2D eigenvalue weighted by Gasteiger charge is -2.19. The van der Waals surface area contributed by atoms with Crippen molar-refractivity contribution in [1.29, 1.82) is 0 Å². The van der Waals surface area contributed by atoms with Crippen LogP contribution in [0.4, 0.5) is 0 Å². The van der Waals surface area contributed by atoms with Gasteiger partial charge in [0.1, 0.15) is 0 Å². The third-order valence-electron chi connectivity index (χ3n) is 2.70. The van der Waals surface area contributed by atoms with E-state index in [4.69, 9.17) is 5.73 Å². The van der Waals surface area contributed by atoms with Gasteiger partial charge < -0.3 is 11.1 Å². The molecule has 13 heavy (non-hydrogen) atoms. The van der Waals surface area contributed by atoms with Crippen LogP contribution >= 0.6 is 0 Å². The molecule has 1 aliphatic rings. The second-order valence-corrected chi connectivity index (χ2v) is 5.95. The van der Waals surface area contributed by atoms with Crippen LogP contribution in [-0.2, 0) is 9.84 Å². The smallest absolute Gasteiger partial charge is 0.150 e. The minimum Gasteiger partial charge on any atom is -0.330 e. The van der Waals surface area contributed by atoms with E-state index >= 15 is 0 Å². The summed E-state index contributed by atoms with van der Waals surface area (Å²) in [5, 5.41) is 3.05. The Balaban J connectivity index is 2.52. The van der Waals surface area contributed by atoms with Gasteiger partial charge in [-0.25, -0.2) is 8.42 Å². The zero-order valence-electron chi connectivity index (χ0n) is 7.99. The predicted molar refractivity (Wildman–Crippen MR) is 53.2 cm³/mol. The number of nitrogens with one attached hydrogen (secondary N) is 1. The molecule has 1 fully saturated rings. The number of rotatable bonds is 4. The average molecular weight is 206 g/mol. The molecule has 0 amide bonds. The van der Waals surface area contributed by atoms with Crippen molar-refractivity contribution in [2.75, 3.05) is 31.6 Å². The molecule has 0 spiro atoms. The van der Waals surface area contributed by atoms with Crippen molar-refractivity contribution in [1.82, 2.24) is 5.32 Å². The van der Waals surface area contributed by atoms with E-state index in [1.54, 1.807) is 0 Å². The SMILES string of the molecule is CNCC(CN)C1CCS(=O)(=O)C1. The van der Waals surface area contributed by atoms with Crippen LogP contribution in [0.2, 0.25) is 0 Å². The maximum atomic E-state index is 11.2. The molecule has 3 N–H and O–H groups in total. The van der Waals surface area contributed by atoms with E-state index in [0.717, 1.165) is 13.0 Å². The Morgan fingerprint density at radius 1 is 1.62 bits per heavy atom. The van der Waals surface area contributed by atoms with Crippen molar-refractivity contribution in [2.24, 2.45) is 17.6 Å². The van der Waals surface area contributed by atoms with Crippen LogP contribution in [0, 0.1) is 11.8 Å². The summed E-state index contributed by atoms with van der Waals surface area (Å²) in [6.07, 6.45) is 0.784. The van der Waals surface area contributed by atoms with Gasteiger partial charge in [-0.2, -0.15) is 0 Å². The largest absolute Gasteiger partial charge is 0.330 e. The van der Waals surface area contributed by atoms with Gasteiger partial charge in [0, 0.05) is 0 Å². The van der Waals surface area contributed by atoms with Gasteiger partial charge in [0.05, 0.1) is 11.5 Å². The fourth-order valence-electron chi connectivity index (χ4n) is 1.90. The van der Waals surface area contributed by atoms with Gasteiger partial charge in [-0.05, 0) is 38.4 Å². The zero-order chi connectivity index (χ0) is 9.90. The van der Waals surface area contributed by atoms with Gasteiger partial charge in [-0.1, -0.05) is 0 Å². The maximum absolute atomic E-state index is 11.2. The summed E-state index contributed by atoms with van der Waals surface area (Å²) in [5.74, 6) is 1.25. The summed E-state index contributed by atoms with van der Waals surface area (Å²) < 4.78 is 22.4. The van der Waals surface area contributed by atoms with Crippen LogP contribution in [0.25, 0.3) is 0 Å². The van der Waals surface area contributed by atoms with Crippen LogP contribution in [0.1, 0.15) is 6.42 Å². The van der Waals surface area contributed by atoms with E-state index in [9.17, 15) is 8.42 Å². The third kappa shape index (κ3) is 2.93. The molecule has 2 atom stereocenters. The molecule has 0 radical (unpaired) electrons. The second kappa shape index (κ2) is 4.39. The molecule has 1 rings (SSSR count). The summed E-state index contributed by atoms with van der Waals surface area (Å²) in [4.78, 5) is 0. The van der Waals surface area contributed by atoms with Crippen molar-refractivity contribution < 1.29 is 8.42 Å². The summed E-state index contributed by atoms with van der Waals surface area (Å²) in [6, 6.07) is 0. The monoisotopic (exact) mass is 206 g/mol. The van der Waals surface area contributed by atoms with E-state index in [1.807, 2.05) is 7.05 Å². The quantitative estimate of drug-likeness (QED) is 0.632. The molecule has 1 aliphatic heterocycles. The predicted octanol–water partition coefficient (Wildman–Crippen LogP) is -0.785. The number of hydrogen-bond donors (Lipinski definition) is 2. The molecular weight excluding hydrogens is 188 g/mol. The van der Waals surface area contributed by atoms with Gasteiger partial charge in [-0.3, -0.25) is 0 Å². The first-order valence-corrected chi connectivity index (χ1v) is 6.46.